The molecule has 1 atom stereocenters. The minimum Gasteiger partial charge on any atom is -0.462 e. The molecular weight excluding hydrogens is 889 g/mol. The number of hydrogen-bond donors (Lipinski definition) is 0. The summed E-state index contributed by atoms with van der Waals surface area (Å²) in [6.45, 7) is 6.47. The predicted molar refractivity (Wildman–Crippen MR) is 311 cm³/mol. The molecule has 6 nitrogen and oxygen atoms in total. The van der Waals surface area contributed by atoms with Crippen molar-refractivity contribution < 1.29 is 28.6 Å². The Bertz CT molecular complexity index is 1430. The highest BCUT2D eigenvalue weighted by molar-refractivity contribution is 5.71. The molecule has 0 saturated heterocycles. The third kappa shape index (κ3) is 57.2. The van der Waals surface area contributed by atoms with Crippen LogP contribution in [-0.2, 0) is 28.6 Å². The zero-order valence-electron chi connectivity index (χ0n) is 47.2. The standard InChI is InChI=1S/C66H112O6/c1-4-7-10-13-16-18-20-22-24-26-28-30-31-32-33-34-35-36-38-39-41-43-45-47-50-53-56-59-65(68)71-62-63(61-70-64(67)58-55-52-49-15-12-9-6-3)72-66(69)60-57-54-51-48-46-44-42-40-37-29-27-25-23-21-19-17-14-11-8-5-2/h7,10,16,18,22,24,28,30,32-33,35-36,39,41,45,47,63H,4-6,8-9,11-15,17,19-21,23,25-27,29,31,34,37-38,40,42-44,46,48-62H2,1-3H3/b10-7-,18-16-,24-22-,30-28-,33-32-,36-35-,41-39-,47-45-. The Morgan fingerprint density at radius 2 is 0.542 bits per heavy atom. The van der Waals surface area contributed by atoms with Gasteiger partial charge < -0.3 is 14.2 Å². The molecule has 0 heterocycles. The van der Waals surface area contributed by atoms with E-state index < -0.39 is 6.10 Å². The molecule has 72 heavy (non-hydrogen) atoms. The lowest BCUT2D eigenvalue weighted by molar-refractivity contribution is -0.167. The summed E-state index contributed by atoms with van der Waals surface area (Å²) in [5.74, 6) is -0.934. The van der Waals surface area contributed by atoms with Crippen LogP contribution >= 0.6 is 0 Å². The Hall–Kier alpha value is -3.67. The van der Waals surface area contributed by atoms with E-state index in [4.69, 9.17) is 14.2 Å². The van der Waals surface area contributed by atoms with Crippen molar-refractivity contribution >= 4 is 17.9 Å². The summed E-state index contributed by atoms with van der Waals surface area (Å²) in [6.07, 6.45) is 80.0. The Kier molecular flexibility index (Phi) is 56.8. The molecule has 0 spiro atoms. The molecule has 0 amide bonds. The maximum Gasteiger partial charge on any atom is 0.306 e. The van der Waals surface area contributed by atoms with Gasteiger partial charge in [0.1, 0.15) is 13.2 Å². The number of carbonyl (C=O) groups excluding carboxylic acids is 3. The van der Waals surface area contributed by atoms with E-state index in [1.54, 1.807) is 0 Å². The number of esters is 3. The normalized spacial score (nSPS) is 12.8. The highest BCUT2D eigenvalue weighted by Gasteiger charge is 2.19. The van der Waals surface area contributed by atoms with Gasteiger partial charge in [0.2, 0.25) is 0 Å². The lowest BCUT2D eigenvalue weighted by Crippen LogP contribution is -2.30. The van der Waals surface area contributed by atoms with Crippen LogP contribution in [0, 0.1) is 0 Å². The number of rotatable bonds is 54. The van der Waals surface area contributed by atoms with E-state index in [2.05, 4.69) is 118 Å². The molecule has 0 aliphatic heterocycles. The smallest absolute Gasteiger partial charge is 0.306 e. The zero-order valence-corrected chi connectivity index (χ0v) is 47.2. The largest absolute Gasteiger partial charge is 0.462 e. The molecule has 0 bridgehead atoms. The van der Waals surface area contributed by atoms with Crippen molar-refractivity contribution in [1.29, 1.82) is 0 Å². The van der Waals surface area contributed by atoms with Crippen molar-refractivity contribution in [3.8, 4) is 0 Å². The van der Waals surface area contributed by atoms with Crippen molar-refractivity contribution in [3.05, 3.63) is 97.2 Å². The van der Waals surface area contributed by atoms with Gasteiger partial charge in [0, 0.05) is 19.3 Å². The second kappa shape index (κ2) is 59.9. The lowest BCUT2D eigenvalue weighted by Gasteiger charge is -2.18. The minimum absolute atomic E-state index is 0.0890. The van der Waals surface area contributed by atoms with Crippen LogP contribution < -0.4 is 0 Å². The number of ether oxygens (including phenoxy) is 3. The van der Waals surface area contributed by atoms with Crippen molar-refractivity contribution in [3.63, 3.8) is 0 Å². The fraction of sp³-hybridized carbons (Fsp3) is 0.712. The Morgan fingerprint density at radius 1 is 0.292 bits per heavy atom. The average Bonchev–Trinajstić information content (AvgIpc) is 3.38. The van der Waals surface area contributed by atoms with Gasteiger partial charge in [-0.15, -0.1) is 0 Å². The van der Waals surface area contributed by atoms with E-state index in [0.29, 0.717) is 19.3 Å². The van der Waals surface area contributed by atoms with E-state index in [9.17, 15) is 14.4 Å². The third-order valence-electron chi connectivity index (χ3n) is 12.9. The van der Waals surface area contributed by atoms with Gasteiger partial charge in [-0.05, 0) is 83.5 Å². The first-order chi connectivity index (χ1) is 35.5. The first-order valence-electron chi connectivity index (χ1n) is 30.2. The monoisotopic (exact) mass is 1000 g/mol. The summed E-state index contributed by atoms with van der Waals surface area (Å²) >= 11 is 0. The second-order valence-corrected chi connectivity index (χ2v) is 19.9. The molecule has 0 saturated carbocycles. The molecular formula is C66H112O6. The quantitative estimate of drug-likeness (QED) is 0.0261. The fourth-order valence-corrected chi connectivity index (χ4v) is 8.34. The molecule has 0 N–H and O–H groups in total. The zero-order chi connectivity index (χ0) is 52.2. The molecule has 0 aliphatic carbocycles. The van der Waals surface area contributed by atoms with Gasteiger partial charge >= 0.3 is 17.9 Å². The molecule has 1 unspecified atom stereocenters. The van der Waals surface area contributed by atoms with E-state index in [0.717, 1.165) is 109 Å². The summed E-state index contributed by atoms with van der Waals surface area (Å²) in [6, 6.07) is 0. The van der Waals surface area contributed by atoms with Gasteiger partial charge in [-0.1, -0.05) is 279 Å². The molecule has 0 aromatic carbocycles. The summed E-state index contributed by atoms with van der Waals surface area (Å²) < 4.78 is 16.8. The Balaban J connectivity index is 4.26. The van der Waals surface area contributed by atoms with Crippen molar-refractivity contribution in [1.82, 2.24) is 0 Å². The highest BCUT2D eigenvalue weighted by Crippen LogP contribution is 2.16. The Labute approximate surface area is 445 Å². The summed E-state index contributed by atoms with van der Waals surface area (Å²) in [4.78, 5) is 38.0. The molecule has 0 rings (SSSR count). The van der Waals surface area contributed by atoms with Crippen LogP contribution in [0.5, 0.6) is 0 Å². The van der Waals surface area contributed by atoms with E-state index in [-0.39, 0.29) is 31.1 Å². The molecule has 0 aromatic rings. The van der Waals surface area contributed by atoms with Crippen LogP contribution in [-0.4, -0.2) is 37.2 Å². The molecule has 0 radical (unpaired) electrons. The number of unbranched alkanes of at least 4 members (excludes halogenated alkanes) is 27. The summed E-state index contributed by atoms with van der Waals surface area (Å²) in [5.41, 5.74) is 0. The van der Waals surface area contributed by atoms with Crippen LogP contribution in [0.4, 0.5) is 0 Å². The first kappa shape index (κ1) is 68.3. The topological polar surface area (TPSA) is 78.9 Å². The maximum atomic E-state index is 12.8. The lowest BCUT2D eigenvalue weighted by atomic mass is 10.0. The van der Waals surface area contributed by atoms with Crippen LogP contribution in [0.2, 0.25) is 0 Å². The fourth-order valence-electron chi connectivity index (χ4n) is 8.34. The van der Waals surface area contributed by atoms with Crippen LogP contribution in [0.25, 0.3) is 0 Å². The summed E-state index contributed by atoms with van der Waals surface area (Å²) in [5, 5.41) is 0. The maximum absolute atomic E-state index is 12.8. The highest BCUT2D eigenvalue weighted by atomic mass is 16.6. The van der Waals surface area contributed by atoms with Crippen molar-refractivity contribution in [2.45, 2.75) is 290 Å². The average molecular weight is 1000 g/mol. The van der Waals surface area contributed by atoms with E-state index in [1.165, 1.54) is 135 Å². The molecule has 0 fully saturated rings. The number of allylic oxidation sites excluding steroid dienone is 16. The van der Waals surface area contributed by atoms with Crippen molar-refractivity contribution in [2.75, 3.05) is 13.2 Å². The summed E-state index contributed by atoms with van der Waals surface area (Å²) in [7, 11) is 0. The minimum atomic E-state index is -0.792. The van der Waals surface area contributed by atoms with Gasteiger partial charge in [0.25, 0.3) is 0 Å². The molecule has 0 aromatic heterocycles. The van der Waals surface area contributed by atoms with Gasteiger partial charge in [-0.25, -0.2) is 0 Å². The van der Waals surface area contributed by atoms with Crippen LogP contribution in [0.15, 0.2) is 97.2 Å². The number of hydrogen-bond acceptors (Lipinski definition) is 6. The number of carbonyl (C=O) groups is 3. The van der Waals surface area contributed by atoms with Crippen LogP contribution in [0.3, 0.4) is 0 Å². The predicted octanol–water partition coefficient (Wildman–Crippen LogP) is 20.5. The molecule has 0 aliphatic rings. The van der Waals surface area contributed by atoms with Gasteiger partial charge in [-0.2, -0.15) is 0 Å². The SMILES string of the molecule is CC/C=C\C/C=C\C/C=C\C/C=C\C/C=C\C/C=C\C/C=C\C/C=C\CCCCC(=O)OCC(COC(=O)CCCCCCCCC)OC(=O)CCCCCCCCCCCCCCCCCCCCCC. The van der Waals surface area contributed by atoms with Crippen LogP contribution in [0.1, 0.15) is 284 Å². The van der Waals surface area contributed by atoms with Gasteiger partial charge in [0.05, 0.1) is 0 Å². The molecule has 6 heteroatoms. The van der Waals surface area contributed by atoms with Crippen molar-refractivity contribution in [2.24, 2.45) is 0 Å². The third-order valence-corrected chi connectivity index (χ3v) is 12.9. The second-order valence-electron chi connectivity index (χ2n) is 19.9. The Morgan fingerprint density at radius 3 is 0.847 bits per heavy atom. The molecule has 412 valence electrons. The van der Waals surface area contributed by atoms with Gasteiger partial charge in [0.15, 0.2) is 6.10 Å². The first-order valence-corrected chi connectivity index (χ1v) is 30.2. The van der Waals surface area contributed by atoms with E-state index >= 15 is 0 Å². The van der Waals surface area contributed by atoms with Gasteiger partial charge in [-0.3, -0.25) is 14.4 Å². The van der Waals surface area contributed by atoms with E-state index in [1.807, 2.05) is 0 Å².